The van der Waals surface area contributed by atoms with E-state index in [0.29, 0.717) is 31.1 Å². The quantitative estimate of drug-likeness (QED) is 0.335. The van der Waals surface area contributed by atoms with Crippen LogP contribution in [0.3, 0.4) is 0 Å². The molecule has 36 heavy (non-hydrogen) atoms. The third-order valence-corrected chi connectivity index (χ3v) is 9.52. The van der Waals surface area contributed by atoms with Gasteiger partial charge in [0.2, 0.25) is 15.9 Å². The summed E-state index contributed by atoms with van der Waals surface area (Å²) in [5.74, 6) is -0.518. The lowest BCUT2D eigenvalue weighted by molar-refractivity contribution is -0.123. The molecular weight excluding hydrogens is 490 g/mol. The van der Waals surface area contributed by atoms with Gasteiger partial charge in [0.05, 0.1) is 27.6 Å². The SMILES string of the molecule is Cc1cc(C)c2nc(N(Cc3ccccc3)C(=O)C3CCCN(S(=O)(=O)c4ccccc4)C3)sc2c1. The zero-order valence-electron chi connectivity index (χ0n) is 20.4. The minimum absolute atomic E-state index is 0.0831. The first-order chi connectivity index (χ1) is 17.3. The molecule has 1 fully saturated rings. The van der Waals surface area contributed by atoms with Crippen molar-refractivity contribution in [3.8, 4) is 0 Å². The van der Waals surface area contributed by atoms with Crippen molar-refractivity contribution in [2.45, 2.75) is 38.1 Å². The molecule has 0 saturated carbocycles. The van der Waals surface area contributed by atoms with Gasteiger partial charge in [-0.05, 0) is 61.6 Å². The van der Waals surface area contributed by atoms with E-state index in [9.17, 15) is 13.2 Å². The highest BCUT2D eigenvalue weighted by Crippen LogP contribution is 2.34. The predicted molar refractivity (Wildman–Crippen MR) is 145 cm³/mol. The van der Waals surface area contributed by atoms with Crippen molar-refractivity contribution in [1.82, 2.24) is 9.29 Å². The molecule has 1 atom stereocenters. The topological polar surface area (TPSA) is 70.6 Å². The van der Waals surface area contributed by atoms with Gasteiger partial charge < -0.3 is 0 Å². The van der Waals surface area contributed by atoms with Gasteiger partial charge in [-0.15, -0.1) is 0 Å². The number of carbonyl (C=O) groups excluding carboxylic acids is 1. The van der Waals surface area contributed by atoms with Gasteiger partial charge in [0.1, 0.15) is 0 Å². The summed E-state index contributed by atoms with van der Waals surface area (Å²) >= 11 is 1.51. The minimum Gasteiger partial charge on any atom is -0.283 e. The number of thiazole rings is 1. The summed E-state index contributed by atoms with van der Waals surface area (Å²) < 4.78 is 29.0. The number of sulfonamides is 1. The molecule has 0 radical (unpaired) electrons. The lowest BCUT2D eigenvalue weighted by atomic mass is 9.98. The number of fused-ring (bicyclic) bond motifs is 1. The summed E-state index contributed by atoms with van der Waals surface area (Å²) in [5.41, 5.74) is 4.15. The molecule has 0 bridgehead atoms. The van der Waals surface area contributed by atoms with Crippen molar-refractivity contribution in [2.75, 3.05) is 18.0 Å². The molecule has 8 heteroatoms. The van der Waals surface area contributed by atoms with E-state index in [4.69, 9.17) is 4.98 Å². The Morgan fingerprint density at radius 2 is 1.75 bits per heavy atom. The second-order valence-corrected chi connectivity index (χ2v) is 12.3. The predicted octanol–water partition coefficient (Wildman–Crippen LogP) is 5.55. The van der Waals surface area contributed by atoms with Crippen LogP contribution in [0.15, 0.2) is 77.7 Å². The number of anilines is 1. The zero-order valence-corrected chi connectivity index (χ0v) is 22.1. The number of aromatic nitrogens is 1. The average molecular weight is 520 g/mol. The highest BCUT2D eigenvalue weighted by molar-refractivity contribution is 7.89. The normalized spacial score (nSPS) is 16.8. The first-order valence-corrected chi connectivity index (χ1v) is 14.4. The summed E-state index contributed by atoms with van der Waals surface area (Å²) in [6.07, 6.45) is 1.29. The number of aryl methyl sites for hydroxylation is 2. The van der Waals surface area contributed by atoms with Crippen LogP contribution in [0.2, 0.25) is 0 Å². The van der Waals surface area contributed by atoms with E-state index in [1.165, 1.54) is 15.6 Å². The molecule has 5 rings (SSSR count). The smallest absolute Gasteiger partial charge is 0.243 e. The molecule has 4 aromatic rings. The van der Waals surface area contributed by atoms with Crippen molar-refractivity contribution < 1.29 is 13.2 Å². The Labute approximate surface area is 216 Å². The number of amides is 1. The third kappa shape index (κ3) is 4.93. The number of hydrogen-bond donors (Lipinski definition) is 0. The number of carbonyl (C=O) groups is 1. The summed E-state index contributed by atoms with van der Waals surface area (Å²) in [5, 5.41) is 0.649. The molecule has 1 aliphatic heterocycles. The first kappa shape index (κ1) is 24.6. The van der Waals surface area contributed by atoms with Crippen LogP contribution < -0.4 is 4.90 Å². The lowest BCUT2D eigenvalue weighted by Gasteiger charge is -2.33. The van der Waals surface area contributed by atoms with Crippen LogP contribution in [0.4, 0.5) is 5.13 Å². The van der Waals surface area contributed by atoms with Gasteiger partial charge in [-0.2, -0.15) is 4.31 Å². The number of nitrogens with zero attached hydrogens (tertiary/aromatic N) is 3. The molecule has 3 aromatic carbocycles. The molecular formula is C28H29N3O3S2. The maximum absolute atomic E-state index is 14.0. The molecule has 1 saturated heterocycles. The van der Waals surface area contributed by atoms with Crippen LogP contribution in [0.1, 0.15) is 29.5 Å². The maximum Gasteiger partial charge on any atom is 0.243 e. The van der Waals surface area contributed by atoms with Crippen LogP contribution in [-0.4, -0.2) is 36.7 Å². The molecule has 6 nitrogen and oxygen atoms in total. The largest absolute Gasteiger partial charge is 0.283 e. The Balaban J connectivity index is 1.47. The zero-order chi connectivity index (χ0) is 25.3. The van der Waals surface area contributed by atoms with Crippen LogP contribution in [0.25, 0.3) is 10.2 Å². The molecule has 1 aliphatic rings. The molecule has 2 heterocycles. The fourth-order valence-corrected chi connectivity index (χ4v) is 7.50. The molecule has 1 aromatic heterocycles. The first-order valence-electron chi connectivity index (χ1n) is 12.1. The maximum atomic E-state index is 14.0. The van der Waals surface area contributed by atoms with Crippen LogP contribution in [-0.2, 0) is 21.4 Å². The molecule has 1 unspecified atom stereocenters. The minimum atomic E-state index is -3.66. The van der Waals surface area contributed by atoms with E-state index in [2.05, 4.69) is 19.1 Å². The summed E-state index contributed by atoms with van der Waals surface area (Å²) in [7, 11) is -3.66. The standard InChI is InChI=1S/C28H29N3O3S2/c1-20-16-21(2)26-25(17-20)35-28(29-26)31(18-22-10-5-3-6-11-22)27(32)23-12-9-15-30(19-23)36(33,34)24-13-7-4-8-14-24/h3-8,10-11,13-14,16-17,23H,9,12,15,18-19H2,1-2H3. The van der Waals surface area contributed by atoms with Crippen LogP contribution >= 0.6 is 11.3 Å². The van der Waals surface area contributed by atoms with E-state index in [1.807, 2.05) is 37.3 Å². The highest BCUT2D eigenvalue weighted by atomic mass is 32.2. The van der Waals surface area contributed by atoms with Crippen molar-refractivity contribution in [3.05, 3.63) is 89.5 Å². The van der Waals surface area contributed by atoms with Crippen LogP contribution in [0, 0.1) is 19.8 Å². The summed E-state index contributed by atoms with van der Waals surface area (Å²) in [6, 6.07) is 22.5. The summed E-state index contributed by atoms with van der Waals surface area (Å²) in [6.45, 7) is 5.07. The van der Waals surface area contributed by atoms with Crippen molar-refractivity contribution in [3.63, 3.8) is 0 Å². The lowest BCUT2D eigenvalue weighted by Crippen LogP contribution is -2.46. The molecule has 186 valence electrons. The Morgan fingerprint density at radius 3 is 2.47 bits per heavy atom. The number of benzene rings is 3. The Kier molecular flexibility index (Phi) is 6.92. The number of hydrogen-bond acceptors (Lipinski definition) is 5. The fourth-order valence-electron chi connectivity index (χ4n) is 4.80. The second-order valence-electron chi connectivity index (χ2n) is 9.35. The summed E-state index contributed by atoms with van der Waals surface area (Å²) in [4.78, 5) is 20.9. The third-order valence-electron chi connectivity index (χ3n) is 6.61. The van der Waals surface area contributed by atoms with Gasteiger partial charge in [0.25, 0.3) is 0 Å². The number of piperidine rings is 1. The molecule has 0 N–H and O–H groups in total. The van der Waals surface area contributed by atoms with Gasteiger partial charge >= 0.3 is 0 Å². The van der Waals surface area contributed by atoms with Gasteiger partial charge in [-0.3, -0.25) is 9.69 Å². The van der Waals surface area contributed by atoms with Crippen molar-refractivity contribution in [1.29, 1.82) is 0 Å². The Hall–Kier alpha value is -3.07. The number of rotatable bonds is 6. The molecule has 0 spiro atoms. The average Bonchev–Trinajstić information content (AvgIpc) is 3.32. The molecule has 1 amide bonds. The Morgan fingerprint density at radius 1 is 1.06 bits per heavy atom. The van der Waals surface area contributed by atoms with E-state index in [1.54, 1.807) is 35.2 Å². The fraction of sp³-hybridized carbons (Fsp3) is 0.286. The monoisotopic (exact) mass is 519 g/mol. The van der Waals surface area contributed by atoms with Crippen LogP contribution in [0.5, 0.6) is 0 Å². The van der Waals surface area contributed by atoms with Crippen molar-refractivity contribution in [2.24, 2.45) is 5.92 Å². The van der Waals surface area contributed by atoms with Gasteiger partial charge in [-0.1, -0.05) is 65.9 Å². The Bertz CT molecular complexity index is 1480. The second kappa shape index (κ2) is 10.1. The van der Waals surface area contributed by atoms with Gasteiger partial charge in [0.15, 0.2) is 5.13 Å². The molecule has 0 aliphatic carbocycles. The van der Waals surface area contributed by atoms with Crippen molar-refractivity contribution >= 4 is 42.6 Å². The van der Waals surface area contributed by atoms with E-state index in [0.717, 1.165) is 26.9 Å². The van der Waals surface area contributed by atoms with E-state index in [-0.39, 0.29) is 17.3 Å². The highest BCUT2D eigenvalue weighted by Gasteiger charge is 2.36. The van der Waals surface area contributed by atoms with E-state index >= 15 is 0 Å². The van der Waals surface area contributed by atoms with Gasteiger partial charge in [-0.25, -0.2) is 13.4 Å². The van der Waals surface area contributed by atoms with Gasteiger partial charge in [0, 0.05) is 13.1 Å². The van der Waals surface area contributed by atoms with E-state index < -0.39 is 15.9 Å².